The van der Waals surface area contributed by atoms with Crippen molar-refractivity contribution in [1.29, 1.82) is 0 Å². The third kappa shape index (κ3) is 5.55. The zero-order chi connectivity index (χ0) is 21.9. The monoisotopic (exact) mass is 514 g/mol. The van der Waals surface area contributed by atoms with Crippen molar-refractivity contribution in [3.63, 3.8) is 0 Å². The number of rotatable bonds is 6. The lowest BCUT2D eigenvalue weighted by molar-refractivity contribution is -0.118. The van der Waals surface area contributed by atoms with Crippen LogP contribution in [0.2, 0.25) is 5.02 Å². The summed E-state index contributed by atoms with van der Waals surface area (Å²) in [5.41, 5.74) is 1.31. The van der Waals surface area contributed by atoms with Gasteiger partial charge in [-0.15, -0.1) is 0 Å². The fourth-order valence-electron chi connectivity index (χ4n) is 3.55. The number of amides is 1. The Kier molecular flexibility index (Phi) is 7.10. The minimum Gasteiger partial charge on any atom is -0.411 e. The van der Waals surface area contributed by atoms with Crippen LogP contribution in [0, 0.1) is 5.92 Å². The van der Waals surface area contributed by atoms with Gasteiger partial charge in [0, 0.05) is 6.26 Å². The molecule has 160 valence electrons. The Balaban J connectivity index is 1.89. The first-order valence-corrected chi connectivity index (χ1v) is 12.2. The molecule has 2 unspecified atom stereocenters. The molecule has 3 rings (SSSR count). The molecule has 1 aromatic heterocycles. The van der Waals surface area contributed by atoms with Crippen LogP contribution in [0.25, 0.3) is 0 Å². The van der Waals surface area contributed by atoms with E-state index in [-0.39, 0.29) is 21.7 Å². The van der Waals surface area contributed by atoms with E-state index in [1.54, 1.807) is 6.07 Å². The fourth-order valence-corrected chi connectivity index (χ4v) is 5.10. The molecule has 11 heteroatoms. The highest BCUT2D eigenvalue weighted by Gasteiger charge is 2.30. The highest BCUT2D eigenvalue weighted by molar-refractivity contribution is 9.10. The van der Waals surface area contributed by atoms with Crippen LogP contribution in [0.15, 0.2) is 45.2 Å². The van der Waals surface area contributed by atoms with Gasteiger partial charge in [-0.05, 0) is 65.2 Å². The van der Waals surface area contributed by atoms with Gasteiger partial charge in [0.05, 0.1) is 33.9 Å². The van der Waals surface area contributed by atoms with Crippen molar-refractivity contribution in [1.82, 2.24) is 9.97 Å². The number of sulfone groups is 1. The maximum atomic E-state index is 13.1. The van der Waals surface area contributed by atoms with Crippen molar-refractivity contribution in [3.8, 4) is 0 Å². The maximum absolute atomic E-state index is 13.1. The molecule has 1 amide bonds. The first-order chi connectivity index (χ1) is 14.2. The minimum absolute atomic E-state index is 0.0152. The van der Waals surface area contributed by atoms with Crippen LogP contribution in [-0.4, -0.2) is 41.5 Å². The topological polar surface area (TPSA) is 122 Å². The first kappa shape index (κ1) is 22.6. The van der Waals surface area contributed by atoms with Gasteiger partial charge in [-0.3, -0.25) is 4.79 Å². The molecule has 8 nitrogen and oxygen atoms in total. The van der Waals surface area contributed by atoms with Gasteiger partial charge in [0.2, 0.25) is 5.91 Å². The first-order valence-electron chi connectivity index (χ1n) is 9.15. The van der Waals surface area contributed by atoms with Crippen LogP contribution in [-0.2, 0) is 14.6 Å². The van der Waals surface area contributed by atoms with Gasteiger partial charge in [-0.25, -0.2) is 18.4 Å². The molecule has 1 aliphatic rings. The molecule has 30 heavy (non-hydrogen) atoms. The predicted molar refractivity (Wildman–Crippen MR) is 117 cm³/mol. The van der Waals surface area contributed by atoms with Crippen molar-refractivity contribution >= 4 is 54.8 Å². The SMILES string of the molecule is CS(=O)(=O)c1ccc(C(CC2CC/C(=N/O)C2)C(=O)Nc2cnc(Br)cn2)cc1Cl. The Labute approximate surface area is 187 Å². The summed E-state index contributed by atoms with van der Waals surface area (Å²) in [7, 11) is -3.48. The van der Waals surface area contributed by atoms with Crippen molar-refractivity contribution in [2.75, 3.05) is 11.6 Å². The second-order valence-corrected chi connectivity index (χ2v) is 10.4. The van der Waals surface area contributed by atoms with E-state index in [0.717, 1.165) is 12.7 Å². The van der Waals surface area contributed by atoms with Gasteiger partial charge in [-0.1, -0.05) is 22.8 Å². The molecule has 0 aliphatic heterocycles. The quantitative estimate of drug-likeness (QED) is 0.442. The molecule has 0 saturated heterocycles. The summed E-state index contributed by atoms with van der Waals surface area (Å²) < 4.78 is 24.3. The molecule has 2 N–H and O–H groups in total. The van der Waals surface area contributed by atoms with E-state index < -0.39 is 15.8 Å². The van der Waals surface area contributed by atoms with Crippen LogP contribution >= 0.6 is 27.5 Å². The number of nitrogens with one attached hydrogen (secondary N) is 1. The Morgan fingerprint density at radius 1 is 1.40 bits per heavy atom. The molecular weight excluding hydrogens is 496 g/mol. The third-order valence-corrected chi connectivity index (χ3v) is 7.01. The third-order valence-electron chi connectivity index (χ3n) is 5.02. The van der Waals surface area contributed by atoms with E-state index in [9.17, 15) is 13.2 Å². The summed E-state index contributed by atoms with van der Waals surface area (Å²) in [4.78, 5) is 21.3. The van der Waals surface area contributed by atoms with Gasteiger partial charge in [0.25, 0.3) is 0 Å². The summed E-state index contributed by atoms with van der Waals surface area (Å²) >= 11 is 9.41. The van der Waals surface area contributed by atoms with Gasteiger partial charge in [0.1, 0.15) is 4.60 Å². The largest absolute Gasteiger partial charge is 0.411 e. The number of carbonyl (C=O) groups is 1. The zero-order valence-electron chi connectivity index (χ0n) is 16.0. The lowest BCUT2D eigenvalue weighted by Crippen LogP contribution is -2.24. The van der Waals surface area contributed by atoms with Crippen LogP contribution in [0.5, 0.6) is 0 Å². The van der Waals surface area contributed by atoms with Crippen LogP contribution in [0.1, 0.15) is 37.2 Å². The fraction of sp³-hybridized carbons (Fsp3) is 0.368. The molecule has 1 fully saturated rings. The molecule has 0 radical (unpaired) electrons. The molecule has 0 spiro atoms. The summed E-state index contributed by atoms with van der Waals surface area (Å²) in [6, 6.07) is 4.54. The normalized spacial score (nSPS) is 19.0. The average molecular weight is 516 g/mol. The van der Waals surface area contributed by atoms with Gasteiger partial charge < -0.3 is 10.5 Å². The van der Waals surface area contributed by atoms with Crippen molar-refractivity contribution in [2.24, 2.45) is 11.1 Å². The maximum Gasteiger partial charge on any atom is 0.233 e. The summed E-state index contributed by atoms with van der Waals surface area (Å²) in [5, 5.41) is 15.1. The molecule has 2 aromatic rings. The van der Waals surface area contributed by atoms with Crippen LogP contribution in [0.4, 0.5) is 5.82 Å². The number of benzene rings is 1. The number of hydrogen-bond acceptors (Lipinski definition) is 7. The number of hydrogen-bond donors (Lipinski definition) is 2. The van der Waals surface area contributed by atoms with E-state index in [0.29, 0.717) is 41.0 Å². The van der Waals surface area contributed by atoms with Gasteiger partial charge in [-0.2, -0.15) is 0 Å². The highest BCUT2D eigenvalue weighted by atomic mass is 79.9. The molecule has 1 saturated carbocycles. The summed E-state index contributed by atoms with van der Waals surface area (Å²) in [6.07, 6.45) is 6.57. The molecule has 2 atom stereocenters. The number of halogens is 2. The zero-order valence-corrected chi connectivity index (χ0v) is 19.2. The summed E-state index contributed by atoms with van der Waals surface area (Å²) in [5.74, 6) is -0.444. The van der Waals surface area contributed by atoms with Gasteiger partial charge >= 0.3 is 0 Å². The van der Waals surface area contributed by atoms with Crippen molar-refractivity contribution in [3.05, 3.63) is 45.8 Å². The van der Waals surface area contributed by atoms with Crippen molar-refractivity contribution in [2.45, 2.75) is 36.5 Å². The predicted octanol–water partition coefficient (Wildman–Crippen LogP) is 4.04. The Morgan fingerprint density at radius 2 is 2.17 bits per heavy atom. The van der Waals surface area contributed by atoms with E-state index in [4.69, 9.17) is 16.8 Å². The minimum atomic E-state index is -3.48. The van der Waals surface area contributed by atoms with E-state index >= 15 is 0 Å². The Bertz CT molecular complexity index is 1080. The number of oxime groups is 1. The second kappa shape index (κ2) is 9.40. The van der Waals surface area contributed by atoms with Crippen molar-refractivity contribution < 1.29 is 18.4 Å². The van der Waals surface area contributed by atoms with Crippen LogP contribution in [0.3, 0.4) is 0 Å². The lowest BCUT2D eigenvalue weighted by atomic mass is 9.87. The standard InChI is InChI=1S/C19H20BrClN4O4S/c1-30(28,29)16-5-3-12(8-15(16)21)14(7-11-2-4-13(6-11)25-27)19(26)24-18-10-22-17(20)9-23-18/h3,5,8-11,14,27H,2,4,6-7H2,1H3,(H,23,24,26)/b25-13-. The van der Waals surface area contributed by atoms with Crippen LogP contribution < -0.4 is 5.32 Å². The highest BCUT2D eigenvalue weighted by Crippen LogP contribution is 2.35. The average Bonchev–Trinajstić information content (AvgIpc) is 3.14. The number of anilines is 1. The molecule has 1 aliphatic carbocycles. The second-order valence-electron chi connectivity index (χ2n) is 7.24. The molecule has 1 heterocycles. The molecule has 0 bridgehead atoms. The number of carbonyl (C=O) groups excluding carboxylic acids is 1. The van der Waals surface area contributed by atoms with E-state index in [1.165, 1.54) is 24.5 Å². The van der Waals surface area contributed by atoms with Gasteiger partial charge in [0.15, 0.2) is 15.7 Å². The Morgan fingerprint density at radius 3 is 2.73 bits per heavy atom. The van der Waals surface area contributed by atoms with E-state index in [2.05, 4.69) is 36.4 Å². The summed E-state index contributed by atoms with van der Waals surface area (Å²) in [6.45, 7) is 0. The Hall–Kier alpha value is -2.04. The number of nitrogens with zero attached hydrogens (tertiary/aromatic N) is 3. The smallest absolute Gasteiger partial charge is 0.233 e. The molecular formula is C19H20BrClN4O4S. The molecule has 1 aromatic carbocycles. The lowest BCUT2D eigenvalue weighted by Gasteiger charge is -2.21. The van der Waals surface area contributed by atoms with E-state index in [1.807, 2.05) is 0 Å². The number of aromatic nitrogens is 2.